The summed E-state index contributed by atoms with van der Waals surface area (Å²) >= 11 is 0. The topological polar surface area (TPSA) is 100 Å². The number of non-ortho nitro benzene ring substituents is 1. The summed E-state index contributed by atoms with van der Waals surface area (Å²) in [5, 5.41) is 34.3. The van der Waals surface area contributed by atoms with E-state index in [-0.39, 0.29) is 16.8 Å². The van der Waals surface area contributed by atoms with Crippen LogP contribution in [0.3, 0.4) is 0 Å². The molecule has 1 saturated heterocycles. The molecule has 4 N–H and O–H groups in total. The lowest BCUT2D eigenvalue weighted by molar-refractivity contribution is -0.798. The van der Waals surface area contributed by atoms with Crippen LogP contribution in [-0.2, 0) is 0 Å². The van der Waals surface area contributed by atoms with Gasteiger partial charge in [0.1, 0.15) is 0 Å². The van der Waals surface area contributed by atoms with E-state index in [2.05, 4.69) is 19.2 Å². The highest BCUT2D eigenvalue weighted by Gasteiger charge is 2.52. The molecular weight excluding hydrogens is 284 g/mol. The first-order chi connectivity index (χ1) is 10.0. The molecule has 2 rings (SSSR count). The molecule has 6 heteroatoms. The SMILES string of the molecule is CC1(C)CC(O)C(C(O)c2cccc([N+](=O)[O-])c2)C(C)(C)[NH2+]1. The number of nitro benzene ring substituents is 1. The summed E-state index contributed by atoms with van der Waals surface area (Å²) in [4.78, 5) is 10.4. The molecule has 3 atom stereocenters. The Labute approximate surface area is 130 Å². The van der Waals surface area contributed by atoms with Gasteiger partial charge in [-0.1, -0.05) is 12.1 Å². The van der Waals surface area contributed by atoms with Crippen LogP contribution >= 0.6 is 0 Å². The maximum absolute atomic E-state index is 10.9. The zero-order valence-corrected chi connectivity index (χ0v) is 13.5. The van der Waals surface area contributed by atoms with E-state index in [0.29, 0.717) is 12.0 Å². The summed E-state index contributed by atoms with van der Waals surface area (Å²) in [5.74, 6) is -0.400. The quantitative estimate of drug-likeness (QED) is 0.575. The highest BCUT2D eigenvalue weighted by Crippen LogP contribution is 2.37. The summed E-state index contributed by atoms with van der Waals surface area (Å²) in [6, 6.07) is 6.01. The zero-order chi connectivity index (χ0) is 16.7. The molecule has 22 heavy (non-hydrogen) atoms. The molecule has 0 aromatic heterocycles. The van der Waals surface area contributed by atoms with Gasteiger partial charge in [0.05, 0.1) is 34.1 Å². The van der Waals surface area contributed by atoms with Crippen molar-refractivity contribution in [1.29, 1.82) is 0 Å². The Bertz CT molecular complexity index is 571. The third-order valence-corrected chi connectivity index (χ3v) is 4.53. The van der Waals surface area contributed by atoms with Crippen molar-refractivity contribution in [3.8, 4) is 0 Å². The summed E-state index contributed by atoms with van der Waals surface area (Å²) in [5.41, 5.74) is -0.0732. The van der Waals surface area contributed by atoms with Crippen LogP contribution in [0.15, 0.2) is 24.3 Å². The molecule has 1 heterocycles. The Morgan fingerprint density at radius 1 is 1.36 bits per heavy atom. The number of nitrogens with zero attached hydrogens (tertiary/aromatic N) is 1. The fraction of sp³-hybridized carbons (Fsp3) is 0.625. The molecule has 1 aromatic carbocycles. The Hall–Kier alpha value is -1.50. The number of hydrogen-bond acceptors (Lipinski definition) is 4. The van der Waals surface area contributed by atoms with E-state index in [1.54, 1.807) is 12.1 Å². The lowest BCUT2D eigenvalue weighted by atomic mass is 9.69. The van der Waals surface area contributed by atoms with Crippen LogP contribution in [0.25, 0.3) is 0 Å². The van der Waals surface area contributed by atoms with E-state index in [0.717, 1.165) is 0 Å². The molecular formula is C16H25N2O4+. The molecule has 3 unspecified atom stereocenters. The molecule has 0 radical (unpaired) electrons. The number of benzene rings is 1. The first-order valence-electron chi connectivity index (χ1n) is 7.51. The predicted octanol–water partition coefficient (Wildman–Crippen LogP) is 1.13. The standard InChI is InChI=1S/C16H24N2O4/c1-15(2)9-12(19)13(16(3,4)17-15)14(20)10-6-5-7-11(8-10)18(21)22/h5-8,12-14,17,19-20H,9H2,1-4H3/p+1. The monoisotopic (exact) mass is 309 g/mol. The van der Waals surface area contributed by atoms with E-state index in [1.807, 2.05) is 13.8 Å². The van der Waals surface area contributed by atoms with Gasteiger partial charge in [-0.15, -0.1) is 0 Å². The average molecular weight is 309 g/mol. The van der Waals surface area contributed by atoms with Crippen molar-refractivity contribution in [3.05, 3.63) is 39.9 Å². The summed E-state index contributed by atoms with van der Waals surface area (Å²) < 4.78 is 0. The molecule has 0 aliphatic carbocycles. The van der Waals surface area contributed by atoms with Crippen molar-refractivity contribution in [2.75, 3.05) is 0 Å². The van der Waals surface area contributed by atoms with E-state index >= 15 is 0 Å². The maximum atomic E-state index is 10.9. The first-order valence-corrected chi connectivity index (χ1v) is 7.51. The van der Waals surface area contributed by atoms with Crippen molar-refractivity contribution in [1.82, 2.24) is 0 Å². The van der Waals surface area contributed by atoms with Gasteiger partial charge in [-0.2, -0.15) is 0 Å². The predicted molar refractivity (Wildman–Crippen MR) is 82.3 cm³/mol. The summed E-state index contributed by atoms with van der Waals surface area (Å²) in [6.45, 7) is 8.10. The van der Waals surface area contributed by atoms with Gasteiger partial charge >= 0.3 is 0 Å². The average Bonchev–Trinajstić information content (AvgIpc) is 2.35. The lowest BCUT2D eigenvalue weighted by Crippen LogP contribution is -3.07. The van der Waals surface area contributed by atoms with E-state index in [9.17, 15) is 20.3 Å². The smallest absolute Gasteiger partial charge is 0.269 e. The van der Waals surface area contributed by atoms with Crippen molar-refractivity contribution in [2.45, 2.75) is 57.4 Å². The number of nitro groups is 1. The number of piperidine rings is 1. The van der Waals surface area contributed by atoms with Crippen LogP contribution in [0.5, 0.6) is 0 Å². The van der Waals surface area contributed by atoms with Crippen molar-refractivity contribution in [2.24, 2.45) is 5.92 Å². The van der Waals surface area contributed by atoms with Crippen LogP contribution in [0, 0.1) is 16.0 Å². The molecule has 0 amide bonds. The Kier molecular flexibility index (Phi) is 4.30. The van der Waals surface area contributed by atoms with Crippen LogP contribution in [0.2, 0.25) is 0 Å². The lowest BCUT2D eigenvalue weighted by Gasteiger charge is -2.48. The second-order valence-corrected chi connectivity index (χ2v) is 7.55. The van der Waals surface area contributed by atoms with Gasteiger partial charge in [-0.05, 0) is 33.3 Å². The van der Waals surface area contributed by atoms with E-state index in [1.165, 1.54) is 12.1 Å². The largest absolute Gasteiger partial charge is 0.392 e. The zero-order valence-electron chi connectivity index (χ0n) is 13.5. The maximum Gasteiger partial charge on any atom is 0.269 e. The van der Waals surface area contributed by atoms with Gasteiger partial charge in [0.2, 0.25) is 0 Å². The van der Waals surface area contributed by atoms with Crippen LogP contribution in [0.1, 0.15) is 45.8 Å². The Balaban J connectivity index is 2.33. The van der Waals surface area contributed by atoms with Gasteiger partial charge in [0.15, 0.2) is 0 Å². The molecule has 0 saturated carbocycles. The van der Waals surface area contributed by atoms with Crippen LogP contribution in [0.4, 0.5) is 5.69 Å². The Morgan fingerprint density at radius 2 is 2.00 bits per heavy atom. The van der Waals surface area contributed by atoms with Gasteiger partial charge in [-0.25, -0.2) is 0 Å². The van der Waals surface area contributed by atoms with E-state index in [4.69, 9.17) is 0 Å². The first kappa shape index (κ1) is 16.9. The van der Waals surface area contributed by atoms with Gasteiger partial charge in [-0.3, -0.25) is 10.1 Å². The summed E-state index contributed by atoms with van der Waals surface area (Å²) in [6.07, 6.45) is -1.05. The number of aliphatic hydroxyl groups excluding tert-OH is 2. The van der Waals surface area contributed by atoms with Crippen LogP contribution in [-0.4, -0.2) is 32.3 Å². The third kappa shape index (κ3) is 3.29. The van der Waals surface area contributed by atoms with Crippen LogP contribution < -0.4 is 5.32 Å². The van der Waals surface area contributed by atoms with E-state index < -0.39 is 23.0 Å². The minimum absolute atomic E-state index is 0.0519. The second-order valence-electron chi connectivity index (χ2n) is 7.55. The molecule has 122 valence electrons. The molecule has 1 aliphatic rings. The second kappa shape index (κ2) is 5.61. The highest BCUT2D eigenvalue weighted by molar-refractivity contribution is 5.35. The van der Waals surface area contributed by atoms with Crippen molar-refractivity contribution < 1.29 is 20.5 Å². The minimum Gasteiger partial charge on any atom is -0.392 e. The normalized spacial score (nSPS) is 28.1. The fourth-order valence-corrected chi connectivity index (χ4v) is 3.97. The minimum atomic E-state index is -0.947. The fourth-order valence-electron chi connectivity index (χ4n) is 3.97. The third-order valence-electron chi connectivity index (χ3n) is 4.53. The van der Waals surface area contributed by atoms with Gasteiger partial charge < -0.3 is 15.5 Å². The molecule has 0 bridgehead atoms. The molecule has 0 spiro atoms. The Morgan fingerprint density at radius 3 is 2.55 bits per heavy atom. The molecule has 6 nitrogen and oxygen atoms in total. The van der Waals surface area contributed by atoms with Gasteiger partial charge in [0.25, 0.3) is 5.69 Å². The highest BCUT2D eigenvalue weighted by atomic mass is 16.6. The number of aliphatic hydroxyl groups is 2. The summed E-state index contributed by atoms with van der Waals surface area (Å²) in [7, 11) is 0. The number of nitrogens with two attached hydrogens (primary N) is 1. The number of hydrogen-bond donors (Lipinski definition) is 3. The molecule has 1 fully saturated rings. The number of quaternary nitrogens is 1. The molecule has 1 aliphatic heterocycles. The molecule has 1 aromatic rings. The van der Waals surface area contributed by atoms with Gasteiger partial charge in [0, 0.05) is 18.6 Å². The van der Waals surface area contributed by atoms with Crippen molar-refractivity contribution in [3.63, 3.8) is 0 Å². The van der Waals surface area contributed by atoms with Crippen molar-refractivity contribution >= 4 is 5.69 Å². The number of rotatable bonds is 3.